The fourth-order valence-electron chi connectivity index (χ4n) is 3.34. The van der Waals surface area contributed by atoms with Gasteiger partial charge < -0.3 is 9.47 Å². The first kappa shape index (κ1) is 20.7. The summed E-state index contributed by atoms with van der Waals surface area (Å²) in [7, 11) is 3.16. The van der Waals surface area contributed by atoms with Crippen LogP contribution >= 0.6 is 11.6 Å². The predicted octanol–water partition coefficient (Wildman–Crippen LogP) is 5.50. The van der Waals surface area contributed by atoms with E-state index in [0.29, 0.717) is 33.7 Å². The van der Waals surface area contributed by atoms with Gasteiger partial charge in [0.25, 0.3) is 5.91 Å². The summed E-state index contributed by atoms with van der Waals surface area (Å²) in [5.41, 5.74) is 3.80. The van der Waals surface area contributed by atoms with E-state index >= 15 is 0 Å². The van der Waals surface area contributed by atoms with Crippen LogP contribution < -0.4 is 14.4 Å². The van der Waals surface area contributed by atoms with Crippen LogP contribution in [0.1, 0.15) is 16.7 Å². The topological polar surface area (TPSA) is 51.1 Å². The first-order valence-electron chi connectivity index (χ1n) is 9.69. The summed E-state index contributed by atoms with van der Waals surface area (Å²) in [5.74, 6) is 1.56. The highest BCUT2D eigenvalue weighted by Crippen LogP contribution is 2.31. The lowest BCUT2D eigenvalue weighted by Crippen LogP contribution is -2.32. The first-order chi connectivity index (χ1) is 15.0. The molecule has 1 aliphatic heterocycles. The second-order valence-corrected chi connectivity index (χ2v) is 7.50. The summed E-state index contributed by atoms with van der Waals surface area (Å²) in [6, 6.07) is 20.5. The highest BCUT2D eigenvalue weighted by atomic mass is 35.5. The molecule has 1 heterocycles. The average molecular weight is 433 g/mol. The van der Waals surface area contributed by atoms with Gasteiger partial charge in [-0.25, -0.2) is 4.99 Å². The minimum atomic E-state index is -0.215. The molecule has 3 aromatic carbocycles. The fourth-order valence-corrected chi connectivity index (χ4v) is 3.47. The van der Waals surface area contributed by atoms with Crippen molar-refractivity contribution in [3.63, 3.8) is 0 Å². The van der Waals surface area contributed by atoms with Crippen LogP contribution in [0.5, 0.6) is 11.5 Å². The third-order valence-corrected chi connectivity index (χ3v) is 5.22. The predicted molar refractivity (Wildman–Crippen MR) is 124 cm³/mol. The lowest BCUT2D eigenvalue weighted by molar-refractivity contribution is -0.113. The number of aliphatic imine (C=N–C) groups is 1. The Bertz CT molecular complexity index is 1180. The molecule has 0 saturated carbocycles. The second kappa shape index (κ2) is 8.66. The number of rotatable bonds is 5. The van der Waals surface area contributed by atoms with E-state index in [4.69, 9.17) is 26.1 Å². The zero-order chi connectivity index (χ0) is 22.0. The first-order valence-corrected chi connectivity index (χ1v) is 10.1. The highest BCUT2D eigenvalue weighted by Gasteiger charge is 2.32. The van der Waals surface area contributed by atoms with Crippen molar-refractivity contribution in [2.75, 3.05) is 19.1 Å². The van der Waals surface area contributed by atoms with Crippen LogP contribution in [-0.4, -0.2) is 26.0 Å². The minimum Gasteiger partial charge on any atom is -0.493 e. The van der Waals surface area contributed by atoms with Crippen molar-refractivity contribution in [3.8, 4) is 11.5 Å². The zero-order valence-corrected chi connectivity index (χ0v) is 18.2. The van der Waals surface area contributed by atoms with Crippen LogP contribution in [0.25, 0.3) is 6.08 Å². The third kappa shape index (κ3) is 4.18. The summed E-state index contributed by atoms with van der Waals surface area (Å²) in [6.45, 7) is 2.02. The summed E-state index contributed by atoms with van der Waals surface area (Å²) >= 11 is 6.05. The molecule has 5 nitrogen and oxygen atoms in total. The van der Waals surface area contributed by atoms with Crippen LogP contribution in [-0.2, 0) is 4.79 Å². The minimum absolute atomic E-state index is 0.215. The molecule has 156 valence electrons. The van der Waals surface area contributed by atoms with Crippen molar-refractivity contribution in [3.05, 3.63) is 94.1 Å². The van der Waals surface area contributed by atoms with Crippen molar-refractivity contribution in [1.29, 1.82) is 0 Å². The largest absolute Gasteiger partial charge is 0.493 e. The lowest BCUT2D eigenvalue weighted by Gasteiger charge is -2.18. The monoisotopic (exact) mass is 432 g/mol. The number of ether oxygens (including phenoxy) is 2. The number of amides is 1. The van der Waals surface area contributed by atoms with Gasteiger partial charge in [0, 0.05) is 10.6 Å². The normalized spacial score (nSPS) is 14.7. The molecule has 6 heteroatoms. The molecule has 0 atom stereocenters. The fraction of sp³-hybridized carbons (Fsp3) is 0.120. The number of aryl methyl sites for hydroxylation is 1. The van der Waals surface area contributed by atoms with Crippen molar-refractivity contribution < 1.29 is 14.3 Å². The van der Waals surface area contributed by atoms with E-state index in [1.165, 1.54) is 0 Å². The molecule has 1 amide bonds. The molecule has 0 fully saturated rings. The molecule has 31 heavy (non-hydrogen) atoms. The molecule has 0 unspecified atom stereocenters. The van der Waals surface area contributed by atoms with E-state index in [-0.39, 0.29) is 5.91 Å². The van der Waals surface area contributed by atoms with Crippen LogP contribution in [0.3, 0.4) is 0 Å². The van der Waals surface area contributed by atoms with E-state index in [1.807, 2.05) is 55.5 Å². The molecule has 3 aromatic rings. The van der Waals surface area contributed by atoms with Crippen molar-refractivity contribution in [1.82, 2.24) is 0 Å². The van der Waals surface area contributed by atoms with E-state index < -0.39 is 0 Å². The van der Waals surface area contributed by atoms with E-state index in [2.05, 4.69) is 0 Å². The van der Waals surface area contributed by atoms with Gasteiger partial charge in [0.05, 0.1) is 19.9 Å². The molecule has 0 aromatic heterocycles. The van der Waals surface area contributed by atoms with Gasteiger partial charge in [-0.1, -0.05) is 47.5 Å². The van der Waals surface area contributed by atoms with Gasteiger partial charge in [-0.2, -0.15) is 0 Å². The number of hydrogen-bond donors (Lipinski definition) is 0. The van der Waals surface area contributed by atoms with Gasteiger partial charge in [0.2, 0.25) is 0 Å². The van der Waals surface area contributed by atoms with Crippen LogP contribution in [0.4, 0.5) is 5.69 Å². The molecular weight excluding hydrogens is 412 g/mol. The standard InChI is InChI=1S/C25H21ClN2O3/c1-16-4-7-18(8-5-16)24-27-21(14-17-6-13-22(30-2)23(15-17)31-3)25(29)28(24)20-11-9-19(26)10-12-20/h4-15H,1-3H3/b21-14+. The zero-order valence-electron chi connectivity index (χ0n) is 17.4. The van der Waals surface area contributed by atoms with Gasteiger partial charge in [-0.05, 0) is 55.0 Å². The number of carbonyl (C=O) groups excluding carboxylic acids is 1. The molecule has 0 radical (unpaired) electrons. The maximum Gasteiger partial charge on any atom is 0.282 e. The Morgan fingerprint density at radius 1 is 0.903 bits per heavy atom. The highest BCUT2D eigenvalue weighted by molar-refractivity contribution is 6.34. The van der Waals surface area contributed by atoms with Gasteiger partial charge in [0.15, 0.2) is 11.5 Å². The van der Waals surface area contributed by atoms with Gasteiger partial charge in [-0.15, -0.1) is 0 Å². The molecule has 1 aliphatic rings. The van der Waals surface area contributed by atoms with E-state index in [9.17, 15) is 4.79 Å². The van der Waals surface area contributed by atoms with Crippen LogP contribution in [0, 0.1) is 6.92 Å². The summed E-state index contributed by atoms with van der Waals surface area (Å²) in [6.07, 6.45) is 1.74. The quantitative estimate of drug-likeness (QED) is 0.500. The number of halogens is 1. The molecule has 0 saturated heterocycles. The SMILES string of the molecule is COc1ccc(/C=C2/N=C(c3ccc(C)cc3)N(c3ccc(Cl)cc3)C2=O)cc1OC. The number of benzene rings is 3. The average Bonchev–Trinajstić information content (AvgIpc) is 3.10. The second-order valence-electron chi connectivity index (χ2n) is 7.06. The third-order valence-electron chi connectivity index (χ3n) is 4.97. The van der Waals surface area contributed by atoms with E-state index in [1.54, 1.807) is 43.4 Å². The Hall–Kier alpha value is -3.57. The molecule has 4 rings (SSSR count). The maximum absolute atomic E-state index is 13.4. The van der Waals surface area contributed by atoms with Crippen LogP contribution in [0.2, 0.25) is 5.02 Å². The Labute approximate surface area is 186 Å². The number of nitrogens with zero attached hydrogens (tertiary/aromatic N) is 2. The van der Waals surface area contributed by atoms with Gasteiger partial charge in [-0.3, -0.25) is 9.69 Å². The Kier molecular flexibility index (Phi) is 5.78. The molecular formula is C25H21ClN2O3. The summed E-state index contributed by atoms with van der Waals surface area (Å²) in [4.78, 5) is 19.7. The molecule has 0 bridgehead atoms. The summed E-state index contributed by atoms with van der Waals surface area (Å²) < 4.78 is 10.7. The lowest BCUT2D eigenvalue weighted by atomic mass is 10.1. The Morgan fingerprint density at radius 3 is 2.23 bits per heavy atom. The number of carbonyl (C=O) groups is 1. The van der Waals surface area contributed by atoms with Crippen molar-refractivity contribution in [2.45, 2.75) is 6.92 Å². The maximum atomic E-state index is 13.4. The molecule has 0 spiro atoms. The number of hydrogen-bond acceptors (Lipinski definition) is 4. The molecule has 0 aliphatic carbocycles. The van der Waals surface area contributed by atoms with Gasteiger partial charge >= 0.3 is 0 Å². The molecule has 0 N–H and O–H groups in total. The Morgan fingerprint density at radius 2 is 1.58 bits per heavy atom. The summed E-state index contributed by atoms with van der Waals surface area (Å²) in [5, 5.41) is 0.602. The number of methoxy groups -OCH3 is 2. The van der Waals surface area contributed by atoms with E-state index in [0.717, 1.165) is 16.7 Å². The number of anilines is 1. The van der Waals surface area contributed by atoms with Gasteiger partial charge in [0.1, 0.15) is 11.5 Å². The number of amidine groups is 1. The Balaban J connectivity index is 1.80. The van der Waals surface area contributed by atoms with Crippen LogP contribution in [0.15, 0.2) is 77.4 Å². The van der Waals surface area contributed by atoms with Crippen molar-refractivity contribution >= 4 is 35.1 Å². The van der Waals surface area contributed by atoms with Crippen molar-refractivity contribution in [2.24, 2.45) is 4.99 Å². The smallest absolute Gasteiger partial charge is 0.282 e.